The molecule has 17 heavy (non-hydrogen) atoms. The average molecular weight is 250 g/mol. The first-order chi connectivity index (χ1) is 8.11. The molecule has 3 nitrogen and oxygen atoms in total. The molecule has 1 aromatic carbocycles. The van der Waals surface area contributed by atoms with Gasteiger partial charge in [-0.15, -0.1) is 6.58 Å². The van der Waals surface area contributed by atoms with Crippen LogP contribution >= 0.6 is 11.3 Å². The van der Waals surface area contributed by atoms with Crippen molar-refractivity contribution >= 4 is 27.5 Å². The molecule has 0 aliphatic rings. The summed E-state index contributed by atoms with van der Waals surface area (Å²) in [6.45, 7) is 5.59. The predicted molar refractivity (Wildman–Crippen MR) is 66.2 cm³/mol. The summed E-state index contributed by atoms with van der Waals surface area (Å²) in [5, 5.41) is 0. The number of fused-ring (bicyclic) bond motifs is 1. The van der Waals surface area contributed by atoms with Crippen LogP contribution in [0.25, 0.3) is 10.2 Å². The van der Waals surface area contributed by atoms with Gasteiger partial charge in [0, 0.05) is 13.5 Å². The standard InChI is InChI=1S/C12H11FN2OS/c1-3-6-15-10-5-4-9(13)7-11(10)17-12(15)14-8(2)16/h3-5,7H,1,6H2,2H3. The molecule has 2 aromatic rings. The summed E-state index contributed by atoms with van der Waals surface area (Å²) < 4.78 is 15.7. The number of halogens is 1. The second-order valence-corrected chi connectivity index (χ2v) is 4.54. The number of thiazole rings is 1. The largest absolute Gasteiger partial charge is 0.313 e. The van der Waals surface area contributed by atoms with Crippen molar-refractivity contribution in [2.75, 3.05) is 0 Å². The summed E-state index contributed by atoms with van der Waals surface area (Å²) in [7, 11) is 0. The topological polar surface area (TPSA) is 34.4 Å². The van der Waals surface area contributed by atoms with E-state index in [1.807, 2.05) is 4.57 Å². The smallest absolute Gasteiger partial charge is 0.245 e. The molecule has 0 aliphatic carbocycles. The molecule has 0 N–H and O–H groups in total. The number of amides is 1. The highest BCUT2D eigenvalue weighted by Gasteiger charge is 2.06. The van der Waals surface area contributed by atoms with E-state index in [0.717, 1.165) is 10.2 Å². The first-order valence-electron chi connectivity index (χ1n) is 5.07. The van der Waals surface area contributed by atoms with Gasteiger partial charge in [-0.1, -0.05) is 17.4 Å². The maximum Gasteiger partial charge on any atom is 0.245 e. The van der Waals surface area contributed by atoms with Gasteiger partial charge in [0.1, 0.15) is 5.82 Å². The molecule has 0 saturated heterocycles. The first-order valence-corrected chi connectivity index (χ1v) is 5.88. The van der Waals surface area contributed by atoms with E-state index in [9.17, 15) is 9.18 Å². The quantitative estimate of drug-likeness (QED) is 0.754. The Morgan fingerprint density at radius 1 is 1.65 bits per heavy atom. The van der Waals surface area contributed by atoms with Crippen molar-refractivity contribution in [1.29, 1.82) is 0 Å². The van der Waals surface area contributed by atoms with E-state index in [-0.39, 0.29) is 11.7 Å². The Balaban J connectivity index is 2.78. The molecule has 88 valence electrons. The molecule has 1 heterocycles. The number of hydrogen-bond acceptors (Lipinski definition) is 2. The lowest BCUT2D eigenvalue weighted by Gasteiger charge is -1.99. The van der Waals surface area contributed by atoms with Crippen molar-refractivity contribution in [1.82, 2.24) is 4.57 Å². The second kappa shape index (κ2) is 4.63. The van der Waals surface area contributed by atoms with Gasteiger partial charge in [-0.25, -0.2) is 4.39 Å². The van der Waals surface area contributed by atoms with Gasteiger partial charge in [-0.2, -0.15) is 4.99 Å². The summed E-state index contributed by atoms with van der Waals surface area (Å²) in [6, 6.07) is 4.52. The van der Waals surface area contributed by atoms with Gasteiger partial charge in [-0.3, -0.25) is 4.79 Å². The molecule has 0 aliphatic heterocycles. The van der Waals surface area contributed by atoms with Gasteiger partial charge >= 0.3 is 0 Å². The van der Waals surface area contributed by atoms with Crippen LogP contribution in [0.5, 0.6) is 0 Å². The molecule has 1 aromatic heterocycles. The summed E-state index contributed by atoms with van der Waals surface area (Å²) in [5.41, 5.74) is 0.858. The Kier molecular flexibility index (Phi) is 3.19. The van der Waals surface area contributed by atoms with Crippen molar-refractivity contribution in [2.45, 2.75) is 13.5 Å². The van der Waals surface area contributed by atoms with Crippen LogP contribution < -0.4 is 4.80 Å². The van der Waals surface area contributed by atoms with Crippen LogP contribution in [0.4, 0.5) is 4.39 Å². The first kappa shape index (κ1) is 11.7. The summed E-state index contributed by atoms with van der Waals surface area (Å²) >= 11 is 1.29. The van der Waals surface area contributed by atoms with Crippen LogP contribution in [0.1, 0.15) is 6.92 Å². The van der Waals surface area contributed by atoms with E-state index in [1.165, 1.54) is 30.4 Å². The lowest BCUT2D eigenvalue weighted by Crippen LogP contribution is -2.15. The molecule has 0 bridgehead atoms. The minimum absolute atomic E-state index is 0.269. The molecule has 0 fully saturated rings. The summed E-state index contributed by atoms with van der Waals surface area (Å²) in [6.07, 6.45) is 1.72. The third-order valence-corrected chi connectivity index (χ3v) is 3.25. The van der Waals surface area contributed by atoms with E-state index < -0.39 is 0 Å². The Morgan fingerprint density at radius 3 is 3.06 bits per heavy atom. The number of carbonyl (C=O) groups is 1. The molecule has 1 amide bonds. The number of aromatic nitrogens is 1. The zero-order valence-electron chi connectivity index (χ0n) is 9.31. The fourth-order valence-electron chi connectivity index (χ4n) is 1.57. The molecular formula is C12H11FN2OS. The molecule has 2 rings (SSSR count). The molecular weight excluding hydrogens is 239 g/mol. The molecule has 0 radical (unpaired) electrons. The van der Waals surface area contributed by atoms with Crippen LogP contribution in [-0.4, -0.2) is 10.5 Å². The lowest BCUT2D eigenvalue weighted by molar-refractivity contribution is -0.116. The minimum atomic E-state index is -0.293. The molecule has 0 atom stereocenters. The molecule has 5 heteroatoms. The normalized spacial score (nSPS) is 12.0. The Bertz CT molecular complexity index is 654. The summed E-state index contributed by atoms with van der Waals surface area (Å²) in [5.74, 6) is -0.561. The molecule has 0 spiro atoms. The number of hydrogen-bond donors (Lipinski definition) is 0. The third kappa shape index (κ3) is 2.34. The zero-order chi connectivity index (χ0) is 12.4. The van der Waals surface area contributed by atoms with Gasteiger partial charge < -0.3 is 4.57 Å². The van der Waals surface area contributed by atoms with Gasteiger partial charge in [-0.05, 0) is 18.2 Å². The molecule has 0 unspecified atom stereocenters. The predicted octanol–water partition coefficient (Wildman–Crippen LogP) is 2.48. The van der Waals surface area contributed by atoms with Crippen molar-refractivity contribution in [2.24, 2.45) is 4.99 Å². The van der Waals surface area contributed by atoms with Crippen molar-refractivity contribution in [3.63, 3.8) is 0 Å². The number of carbonyl (C=O) groups excluding carboxylic acids is 1. The van der Waals surface area contributed by atoms with Crippen LogP contribution in [0.2, 0.25) is 0 Å². The Labute approximate surface area is 102 Å². The number of benzene rings is 1. The van der Waals surface area contributed by atoms with Gasteiger partial charge in [0.15, 0.2) is 4.80 Å². The number of allylic oxidation sites excluding steroid dienone is 1. The van der Waals surface area contributed by atoms with Gasteiger partial charge in [0.2, 0.25) is 5.91 Å². The maximum atomic E-state index is 13.1. The minimum Gasteiger partial charge on any atom is -0.313 e. The SMILES string of the molecule is C=CCn1c(=NC(C)=O)sc2cc(F)ccc21. The fraction of sp³-hybridized carbons (Fsp3) is 0.167. The van der Waals surface area contributed by atoms with E-state index in [1.54, 1.807) is 12.1 Å². The lowest BCUT2D eigenvalue weighted by atomic mass is 10.3. The van der Waals surface area contributed by atoms with Gasteiger partial charge in [0.05, 0.1) is 10.2 Å². The van der Waals surface area contributed by atoms with Crippen molar-refractivity contribution in [3.05, 3.63) is 41.5 Å². The fourth-order valence-corrected chi connectivity index (χ4v) is 2.68. The highest BCUT2D eigenvalue weighted by molar-refractivity contribution is 7.16. The van der Waals surface area contributed by atoms with Crippen LogP contribution in [0.15, 0.2) is 35.8 Å². The van der Waals surface area contributed by atoms with Crippen LogP contribution in [0, 0.1) is 5.82 Å². The van der Waals surface area contributed by atoms with Gasteiger partial charge in [0.25, 0.3) is 0 Å². The Hall–Kier alpha value is -1.75. The van der Waals surface area contributed by atoms with E-state index in [4.69, 9.17) is 0 Å². The van der Waals surface area contributed by atoms with Crippen LogP contribution in [0.3, 0.4) is 0 Å². The zero-order valence-corrected chi connectivity index (χ0v) is 10.1. The van der Waals surface area contributed by atoms with Crippen molar-refractivity contribution in [3.8, 4) is 0 Å². The number of rotatable bonds is 2. The average Bonchev–Trinajstić information content (AvgIpc) is 2.55. The highest BCUT2D eigenvalue weighted by atomic mass is 32.1. The third-order valence-electron chi connectivity index (χ3n) is 2.21. The highest BCUT2D eigenvalue weighted by Crippen LogP contribution is 2.18. The summed E-state index contributed by atoms with van der Waals surface area (Å²) in [4.78, 5) is 15.5. The van der Waals surface area contributed by atoms with E-state index in [2.05, 4.69) is 11.6 Å². The van der Waals surface area contributed by atoms with E-state index in [0.29, 0.717) is 11.3 Å². The molecule has 0 saturated carbocycles. The second-order valence-electron chi connectivity index (χ2n) is 3.53. The van der Waals surface area contributed by atoms with Crippen LogP contribution in [-0.2, 0) is 11.3 Å². The van der Waals surface area contributed by atoms with Crippen molar-refractivity contribution < 1.29 is 9.18 Å². The Morgan fingerprint density at radius 2 is 2.41 bits per heavy atom. The van der Waals surface area contributed by atoms with E-state index >= 15 is 0 Å². The monoisotopic (exact) mass is 250 g/mol. The number of nitrogens with zero attached hydrogens (tertiary/aromatic N) is 2. The maximum absolute atomic E-state index is 13.1.